The quantitative estimate of drug-likeness (QED) is 0.392. The highest BCUT2D eigenvalue weighted by Gasteiger charge is 2.40. The third kappa shape index (κ3) is 3.94. The smallest absolute Gasteiger partial charge is 0.0569 e. The lowest BCUT2D eigenvalue weighted by atomic mass is 9.96. The lowest BCUT2D eigenvalue weighted by Gasteiger charge is -2.32. The Labute approximate surface area is 198 Å². The van der Waals surface area contributed by atoms with Gasteiger partial charge in [0, 0.05) is 11.1 Å². The first-order chi connectivity index (χ1) is 14.8. The SMILES string of the molecule is Cc1ccc(C)c2c1C=C(CCC1=Cc3c(C)ccc(C)c3C1[Si](C)(C)C)C2[Si](C)(C)C. The van der Waals surface area contributed by atoms with Gasteiger partial charge in [-0.3, -0.25) is 0 Å². The maximum Gasteiger partial charge on any atom is 0.0569 e. The molecule has 0 saturated carbocycles. The van der Waals surface area contributed by atoms with Crippen molar-refractivity contribution in [3.63, 3.8) is 0 Å². The maximum absolute atomic E-state index is 2.59. The van der Waals surface area contributed by atoms with E-state index in [9.17, 15) is 0 Å². The average molecular weight is 459 g/mol. The van der Waals surface area contributed by atoms with Crippen molar-refractivity contribution < 1.29 is 0 Å². The van der Waals surface area contributed by atoms with Gasteiger partial charge in [0.25, 0.3) is 0 Å². The normalized spacial score (nSPS) is 20.2. The van der Waals surface area contributed by atoms with Crippen LogP contribution in [0.3, 0.4) is 0 Å². The molecule has 2 aromatic rings. The first kappa shape index (κ1) is 23.5. The Kier molecular flexibility index (Phi) is 5.87. The van der Waals surface area contributed by atoms with Crippen LogP contribution in [0.15, 0.2) is 35.4 Å². The maximum atomic E-state index is 2.59. The van der Waals surface area contributed by atoms with Crippen LogP contribution in [-0.4, -0.2) is 16.1 Å². The zero-order chi connectivity index (χ0) is 23.6. The number of rotatable bonds is 5. The van der Waals surface area contributed by atoms with Crippen LogP contribution >= 0.6 is 0 Å². The average Bonchev–Trinajstić information content (AvgIpc) is 3.26. The van der Waals surface area contributed by atoms with Crippen molar-refractivity contribution >= 4 is 28.3 Å². The van der Waals surface area contributed by atoms with Crippen LogP contribution in [0.5, 0.6) is 0 Å². The van der Waals surface area contributed by atoms with Crippen LogP contribution in [-0.2, 0) is 0 Å². The largest absolute Gasteiger partial charge is 0.0688 e. The summed E-state index contributed by atoms with van der Waals surface area (Å²) in [5, 5.41) is 0. The van der Waals surface area contributed by atoms with E-state index in [2.05, 4.69) is 103 Å². The van der Waals surface area contributed by atoms with Crippen LogP contribution in [0.4, 0.5) is 0 Å². The fourth-order valence-corrected chi connectivity index (χ4v) is 11.6. The number of hydrogen-bond acceptors (Lipinski definition) is 0. The molecule has 170 valence electrons. The third-order valence-electron chi connectivity index (χ3n) is 7.86. The molecule has 2 atom stereocenters. The molecule has 0 N–H and O–H groups in total. The minimum atomic E-state index is -1.38. The van der Waals surface area contributed by atoms with Crippen molar-refractivity contribution in [3.8, 4) is 0 Å². The second-order valence-electron chi connectivity index (χ2n) is 12.6. The van der Waals surface area contributed by atoms with Crippen molar-refractivity contribution in [2.45, 2.75) is 90.9 Å². The van der Waals surface area contributed by atoms with E-state index in [0.29, 0.717) is 11.1 Å². The Morgan fingerprint density at radius 3 is 1.16 bits per heavy atom. The molecule has 0 spiro atoms. The summed E-state index contributed by atoms with van der Waals surface area (Å²) in [6.45, 7) is 24.6. The van der Waals surface area contributed by atoms with Gasteiger partial charge in [-0.2, -0.15) is 0 Å². The van der Waals surface area contributed by atoms with Gasteiger partial charge < -0.3 is 0 Å². The second-order valence-corrected chi connectivity index (χ2v) is 23.2. The minimum Gasteiger partial charge on any atom is -0.0688 e. The number of hydrogen-bond donors (Lipinski definition) is 0. The van der Waals surface area contributed by atoms with Gasteiger partial charge in [-0.05, 0) is 85.0 Å². The zero-order valence-corrected chi connectivity index (χ0v) is 24.0. The summed E-state index contributed by atoms with van der Waals surface area (Å²) in [4.78, 5) is 0. The number of fused-ring (bicyclic) bond motifs is 2. The van der Waals surface area contributed by atoms with E-state index in [-0.39, 0.29) is 0 Å². The Bertz CT molecular complexity index is 1040. The first-order valence-electron chi connectivity index (χ1n) is 12.4. The predicted molar refractivity (Wildman–Crippen MR) is 149 cm³/mol. The lowest BCUT2D eigenvalue weighted by Crippen LogP contribution is -2.33. The number of benzene rings is 2. The fourth-order valence-electron chi connectivity index (χ4n) is 6.47. The molecule has 2 aromatic carbocycles. The molecule has 0 saturated heterocycles. The van der Waals surface area contributed by atoms with Crippen LogP contribution in [0, 0.1) is 27.7 Å². The van der Waals surface area contributed by atoms with E-state index in [4.69, 9.17) is 0 Å². The first-order valence-corrected chi connectivity index (χ1v) is 19.6. The number of aryl methyl sites for hydroxylation is 4. The van der Waals surface area contributed by atoms with Gasteiger partial charge in [-0.25, -0.2) is 0 Å². The van der Waals surface area contributed by atoms with E-state index in [1.807, 2.05) is 0 Å². The predicted octanol–water partition coefficient (Wildman–Crippen LogP) is 9.12. The second kappa shape index (κ2) is 7.99. The molecule has 0 aliphatic heterocycles. The minimum absolute atomic E-state index is 0.663. The Balaban J connectivity index is 1.70. The molecule has 0 nitrogen and oxygen atoms in total. The van der Waals surface area contributed by atoms with Gasteiger partial charge in [0.2, 0.25) is 0 Å². The molecule has 2 aliphatic rings. The highest BCUT2D eigenvalue weighted by molar-refractivity contribution is 6.79. The van der Waals surface area contributed by atoms with Gasteiger partial charge in [-0.15, -0.1) is 0 Å². The van der Waals surface area contributed by atoms with Crippen LogP contribution in [0.2, 0.25) is 39.3 Å². The van der Waals surface area contributed by atoms with Crippen LogP contribution in [0.1, 0.15) is 68.4 Å². The zero-order valence-electron chi connectivity index (χ0n) is 22.0. The summed E-state index contributed by atoms with van der Waals surface area (Å²) in [6.07, 6.45) is 7.59. The van der Waals surface area contributed by atoms with Gasteiger partial charge in [0.15, 0.2) is 0 Å². The van der Waals surface area contributed by atoms with E-state index in [0.717, 1.165) is 0 Å². The van der Waals surface area contributed by atoms with Crippen molar-refractivity contribution in [2.24, 2.45) is 0 Å². The molecule has 4 rings (SSSR count). The molecular weight excluding hydrogens is 417 g/mol. The lowest BCUT2D eigenvalue weighted by molar-refractivity contribution is 0.842. The molecule has 2 aliphatic carbocycles. The van der Waals surface area contributed by atoms with Gasteiger partial charge in [-0.1, -0.05) is 86.8 Å². The molecule has 0 aromatic heterocycles. The standard InChI is InChI=1S/C30H42Si2/c1-19-11-13-21(3)27-25(19)17-23(29(27)31(5,6)7)15-16-24-18-26-20(2)12-14-22(4)28(26)30(24)32(8,9)10/h11-14,17-18,29-30H,15-16H2,1-10H3. The summed E-state index contributed by atoms with van der Waals surface area (Å²) in [6, 6.07) is 9.33. The molecule has 32 heavy (non-hydrogen) atoms. The molecule has 0 amide bonds. The summed E-state index contributed by atoms with van der Waals surface area (Å²) in [5.74, 6) is 0. The highest BCUT2D eigenvalue weighted by atomic mass is 28.3. The van der Waals surface area contributed by atoms with Gasteiger partial charge in [0.1, 0.15) is 0 Å². The highest BCUT2D eigenvalue weighted by Crippen LogP contribution is 2.50. The fraction of sp³-hybridized carbons (Fsp3) is 0.467. The molecule has 0 fully saturated rings. The molecular formula is C30H42Si2. The topological polar surface area (TPSA) is 0 Å². The molecule has 0 radical (unpaired) electrons. The Morgan fingerprint density at radius 2 is 0.844 bits per heavy atom. The summed E-state index contributed by atoms with van der Waals surface area (Å²) < 4.78 is 0. The van der Waals surface area contributed by atoms with Crippen molar-refractivity contribution in [3.05, 3.63) is 79.9 Å². The Morgan fingerprint density at radius 1 is 0.531 bits per heavy atom. The van der Waals surface area contributed by atoms with Crippen LogP contribution in [0.25, 0.3) is 12.2 Å². The van der Waals surface area contributed by atoms with Gasteiger partial charge in [0.05, 0.1) is 16.1 Å². The third-order valence-corrected chi connectivity index (χ3v) is 12.6. The Hall–Kier alpha value is -1.65. The monoisotopic (exact) mass is 458 g/mol. The summed E-state index contributed by atoms with van der Waals surface area (Å²) in [7, 11) is -2.77. The molecule has 0 bridgehead atoms. The van der Waals surface area contributed by atoms with Crippen molar-refractivity contribution in [1.82, 2.24) is 0 Å². The van der Waals surface area contributed by atoms with Crippen molar-refractivity contribution in [1.29, 1.82) is 0 Å². The summed E-state index contributed by atoms with van der Waals surface area (Å²) in [5.41, 5.74) is 17.0. The van der Waals surface area contributed by atoms with Crippen LogP contribution < -0.4 is 0 Å². The van der Waals surface area contributed by atoms with E-state index < -0.39 is 16.1 Å². The summed E-state index contributed by atoms with van der Waals surface area (Å²) >= 11 is 0. The molecule has 0 heterocycles. The molecule has 2 unspecified atom stereocenters. The number of allylic oxidation sites excluding steroid dienone is 2. The van der Waals surface area contributed by atoms with E-state index in [1.54, 1.807) is 22.3 Å². The van der Waals surface area contributed by atoms with E-state index >= 15 is 0 Å². The van der Waals surface area contributed by atoms with E-state index in [1.165, 1.54) is 46.2 Å². The van der Waals surface area contributed by atoms with Crippen molar-refractivity contribution in [2.75, 3.05) is 0 Å². The van der Waals surface area contributed by atoms with Gasteiger partial charge >= 0.3 is 0 Å². The molecule has 2 heteroatoms.